The first-order valence-electron chi connectivity index (χ1n) is 5.24. The molecule has 0 saturated heterocycles. The first-order chi connectivity index (χ1) is 9.04. The van der Waals surface area contributed by atoms with Gasteiger partial charge in [0.15, 0.2) is 0 Å². The highest BCUT2D eigenvalue weighted by atomic mass is 32.1. The average molecular weight is 278 g/mol. The van der Waals surface area contributed by atoms with Gasteiger partial charge in [-0.1, -0.05) is 12.1 Å². The van der Waals surface area contributed by atoms with E-state index in [0.717, 1.165) is 0 Å². The summed E-state index contributed by atoms with van der Waals surface area (Å²) >= 11 is 1.19. The Balaban J connectivity index is 2.56. The third-order valence-corrected chi connectivity index (χ3v) is 3.39. The van der Waals surface area contributed by atoms with Crippen LogP contribution in [-0.2, 0) is 4.74 Å². The SMILES string of the molecule is COC(=O)c1c(-c2cccc([N+](=O)[O-])c2)csc1N. The Bertz CT molecular complexity index is 651. The molecule has 0 radical (unpaired) electrons. The summed E-state index contributed by atoms with van der Waals surface area (Å²) in [6.07, 6.45) is 0. The molecule has 0 atom stereocenters. The average Bonchev–Trinajstić information content (AvgIpc) is 2.80. The van der Waals surface area contributed by atoms with E-state index in [0.29, 0.717) is 16.1 Å². The van der Waals surface area contributed by atoms with Crippen LogP contribution in [0.4, 0.5) is 10.7 Å². The number of nitro benzene ring substituents is 1. The van der Waals surface area contributed by atoms with E-state index >= 15 is 0 Å². The van der Waals surface area contributed by atoms with E-state index in [1.165, 1.54) is 30.6 Å². The molecule has 2 rings (SSSR count). The second-order valence-corrected chi connectivity index (χ2v) is 4.60. The predicted octanol–water partition coefficient (Wildman–Crippen LogP) is 2.69. The molecule has 0 spiro atoms. The van der Waals surface area contributed by atoms with Crippen molar-refractivity contribution in [2.75, 3.05) is 12.8 Å². The number of hydrogen-bond donors (Lipinski definition) is 1. The zero-order chi connectivity index (χ0) is 14.0. The fourth-order valence-corrected chi connectivity index (χ4v) is 2.49. The fraction of sp³-hybridized carbons (Fsp3) is 0.0833. The number of nitrogen functional groups attached to an aromatic ring is 1. The van der Waals surface area contributed by atoms with Crippen LogP contribution in [0.3, 0.4) is 0 Å². The molecule has 0 saturated carbocycles. The number of thiophene rings is 1. The normalized spacial score (nSPS) is 10.2. The van der Waals surface area contributed by atoms with Gasteiger partial charge in [-0.15, -0.1) is 11.3 Å². The van der Waals surface area contributed by atoms with Gasteiger partial charge in [-0.05, 0) is 5.56 Å². The number of carbonyl (C=O) groups is 1. The zero-order valence-corrected chi connectivity index (χ0v) is 10.8. The molecule has 1 aromatic heterocycles. The fourth-order valence-electron chi connectivity index (χ4n) is 1.68. The molecule has 7 heteroatoms. The quantitative estimate of drug-likeness (QED) is 0.529. The number of non-ortho nitro benzene ring substituents is 1. The first-order valence-corrected chi connectivity index (χ1v) is 6.12. The second kappa shape index (κ2) is 5.07. The van der Waals surface area contributed by atoms with Crippen molar-refractivity contribution in [2.24, 2.45) is 0 Å². The van der Waals surface area contributed by atoms with Gasteiger partial charge in [0, 0.05) is 23.1 Å². The number of nitrogens with zero attached hydrogens (tertiary/aromatic N) is 1. The third kappa shape index (κ3) is 2.41. The standard InChI is InChI=1S/C12H10N2O4S/c1-18-12(15)10-9(6-19-11(10)13)7-3-2-4-8(5-7)14(16)17/h2-6H,13H2,1H3. The molecule has 19 heavy (non-hydrogen) atoms. The van der Waals surface area contributed by atoms with Gasteiger partial charge in [-0.3, -0.25) is 10.1 Å². The van der Waals surface area contributed by atoms with Gasteiger partial charge in [-0.25, -0.2) is 4.79 Å². The maximum Gasteiger partial charge on any atom is 0.341 e. The Morgan fingerprint density at radius 1 is 1.47 bits per heavy atom. The van der Waals surface area contributed by atoms with Crippen LogP contribution in [0, 0.1) is 10.1 Å². The van der Waals surface area contributed by atoms with E-state index in [1.807, 2.05) is 0 Å². The van der Waals surface area contributed by atoms with Crippen LogP contribution in [0.1, 0.15) is 10.4 Å². The molecule has 0 unspecified atom stereocenters. The van der Waals surface area contributed by atoms with Crippen molar-refractivity contribution in [2.45, 2.75) is 0 Å². The molecule has 0 amide bonds. The molecular weight excluding hydrogens is 268 g/mol. The largest absolute Gasteiger partial charge is 0.465 e. The summed E-state index contributed by atoms with van der Waals surface area (Å²) < 4.78 is 4.67. The number of esters is 1. The lowest BCUT2D eigenvalue weighted by Crippen LogP contribution is -2.04. The number of ether oxygens (including phenoxy) is 1. The number of hydrogen-bond acceptors (Lipinski definition) is 6. The van der Waals surface area contributed by atoms with E-state index < -0.39 is 10.9 Å². The zero-order valence-electron chi connectivity index (χ0n) is 9.95. The minimum atomic E-state index is -0.555. The van der Waals surface area contributed by atoms with Gasteiger partial charge in [0.05, 0.1) is 12.0 Å². The summed E-state index contributed by atoms with van der Waals surface area (Å²) in [5.74, 6) is -0.555. The Kier molecular flexibility index (Phi) is 3.48. The minimum absolute atomic E-state index is 0.0434. The topological polar surface area (TPSA) is 95.5 Å². The van der Waals surface area contributed by atoms with Gasteiger partial charge < -0.3 is 10.5 Å². The third-order valence-electron chi connectivity index (χ3n) is 2.58. The highest BCUT2D eigenvalue weighted by Crippen LogP contribution is 2.35. The van der Waals surface area contributed by atoms with Crippen LogP contribution in [0.2, 0.25) is 0 Å². The van der Waals surface area contributed by atoms with Crippen LogP contribution in [0.5, 0.6) is 0 Å². The monoisotopic (exact) mass is 278 g/mol. The maximum atomic E-state index is 11.7. The van der Waals surface area contributed by atoms with Gasteiger partial charge in [0.1, 0.15) is 10.6 Å². The van der Waals surface area contributed by atoms with Crippen LogP contribution in [-0.4, -0.2) is 18.0 Å². The Morgan fingerprint density at radius 3 is 2.84 bits per heavy atom. The van der Waals surface area contributed by atoms with Crippen LogP contribution in [0.25, 0.3) is 11.1 Å². The Morgan fingerprint density at radius 2 is 2.21 bits per heavy atom. The van der Waals surface area contributed by atoms with Crippen molar-refractivity contribution in [3.05, 3.63) is 45.3 Å². The summed E-state index contributed by atoms with van der Waals surface area (Å²) in [6.45, 7) is 0. The second-order valence-electron chi connectivity index (χ2n) is 3.69. The van der Waals surface area contributed by atoms with Crippen molar-refractivity contribution in [3.63, 3.8) is 0 Å². The molecule has 0 fully saturated rings. The van der Waals surface area contributed by atoms with Gasteiger partial charge >= 0.3 is 5.97 Å². The van der Waals surface area contributed by atoms with Crippen LogP contribution in [0.15, 0.2) is 29.6 Å². The molecule has 0 aliphatic rings. The molecule has 0 aliphatic carbocycles. The summed E-state index contributed by atoms with van der Waals surface area (Å²) in [7, 11) is 1.26. The maximum absolute atomic E-state index is 11.7. The Hall–Kier alpha value is -2.41. The van der Waals surface area contributed by atoms with Crippen molar-refractivity contribution in [1.29, 1.82) is 0 Å². The molecule has 0 bridgehead atoms. The number of nitro groups is 1. The van der Waals surface area contributed by atoms with Gasteiger partial charge in [-0.2, -0.15) is 0 Å². The molecule has 1 heterocycles. The first kappa shape index (κ1) is 13.0. The highest BCUT2D eigenvalue weighted by Gasteiger charge is 2.20. The predicted molar refractivity (Wildman–Crippen MR) is 72.2 cm³/mol. The lowest BCUT2D eigenvalue weighted by molar-refractivity contribution is -0.384. The highest BCUT2D eigenvalue weighted by molar-refractivity contribution is 7.14. The number of benzene rings is 1. The number of methoxy groups -OCH3 is 1. The number of rotatable bonds is 3. The molecule has 2 N–H and O–H groups in total. The van der Waals surface area contributed by atoms with Crippen LogP contribution < -0.4 is 5.73 Å². The molecule has 6 nitrogen and oxygen atoms in total. The summed E-state index contributed by atoms with van der Waals surface area (Å²) in [5, 5.41) is 12.8. The van der Waals surface area contributed by atoms with Gasteiger partial charge in [0.2, 0.25) is 0 Å². The number of nitrogens with two attached hydrogens (primary N) is 1. The van der Waals surface area contributed by atoms with E-state index in [1.54, 1.807) is 17.5 Å². The summed E-state index contributed by atoms with van der Waals surface area (Å²) in [5.41, 5.74) is 7.03. The van der Waals surface area contributed by atoms with Crippen molar-refractivity contribution in [3.8, 4) is 11.1 Å². The van der Waals surface area contributed by atoms with Crippen molar-refractivity contribution < 1.29 is 14.5 Å². The molecular formula is C12H10N2O4S. The summed E-state index contributed by atoms with van der Waals surface area (Å²) in [6, 6.07) is 6.02. The molecule has 0 aliphatic heterocycles. The van der Waals surface area contributed by atoms with E-state index in [-0.39, 0.29) is 11.3 Å². The molecule has 1 aromatic carbocycles. The lowest BCUT2D eigenvalue weighted by Gasteiger charge is -2.03. The van der Waals surface area contributed by atoms with Crippen molar-refractivity contribution >= 4 is 28.0 Å². The van der Waals surface area contributed by atoms with Crippen molar-refractivity contribution in [1.82, 2.24) is 0 Å². The minimum Gasteiger partial charge on any atom is -0.465 e. The Labute approximate surface area is 112 Å². The van der Waals surface area contributed by atoms with Crippen LogP contribution >= 0.6 is 11.3 Å². The molecule has 98 valence electrons. The van der Waals surface area contributed by atoms with Gasteiger partial charge in [0.25, 0.3) is 5.69 Å². The lowest BCUT2D eigenvalue weighted by atomic mass is 10.0. The number of carbonyl (C=O) groups excluding carboxylic acids is 1. The smallest absolute Gasteiger partial charge is 0.341 e. The number of anilines is 1. The van der Waals surface area contributed by atoms with E-state index in [4.69, 9.17) is 5.73 Å². The van der Waals surface area contributed by atoms with E-state index in [9.17, 15) is 14.9 Å². The van der Waals surface area contributed by atoms with E-state index in [2.05, 4.69) is 4.74 Å². The summed E-state index contributed by atoms with van der Waals surface area (Å²) in [4.78, 5) is 21.9. The molecule has 2 aromatic rings.